The summed E-state index contributed by atoms with van der Waals surface area (Å²) < 4.78 is 7.92. The maximum Gasteiger partial charge on any atom is 0.338 e. The highest BCUT2D eigenvalue weighted by Gasteiger charge is 2.34. The van der Waals surface area contributed by atoms with E-state index in [4.69, 9.17) is 16.3 Å². The molecule has 0 spiro atoms. The number of fused-ring (bicyclic) bond motifs is 1. The molecule has 1 N–H and O–H groups in total. The second kappa shape index (κ2) is 9.21. The van der Waals surface area contributed by atoms with E-state index in [0.29, 0.717) is 29.2 Å². The number of phenolic OH excluding ortho intramolecular Hbond substituents is 1. The number of hydrogen-bond donors (Lipinski definition) is 1. The molecule has 0 aliphatic carbocycles. The average Bonchev–Trinajstić information content (AvgIpc) is 3.05. The molecule has 0 saturated heterocycles. The summed E-state index contributed by atoms with van der Waals surface area (Å²) in [5.41, 5.74) is 1.89. The van der Waals surface area contributed by atoms with Crippen molar-refractivity contribution in [1.82, 2.24) is 4.57 Å². The van der Waals surface area contributed by atoms with Gasteiger partial charge in [-0.15, -0.1) is 0 Å². The number of ether oxygens (including phenoxy) is 1. The van der Waals surface area contributed by atoms with Crippen LogP contribution in [0.4, 0.5) is 0 Å². The topological polar surface area (TPSA) is 80.9 Å². The molecule has 1 unspecified atom stereocenters. The first-order valence-electron chi connectivity index (χ1n) is 9.74. The number of halogens is 2. The van der Waals surface area contributed by atoms with Gasteiger partial charge in [-0.3, -0.25) is 9.36 Å². The number of aromatic hydroxyl groups is 1. The van der Waals surface area contributed by atoms with Crippen molar-refractivity contribution >= 4 is 57.6 Å². The lowest BCUT2D eigenvalue weighted by Gasteiger charge is -2.25. The number of nitrogens with zero attached hydrogens (tertiary/aromatic N) is 2. The van der Waals surface area contributed by atoms with Gasteiger partial charge >= 0.3 is 5.97 Å². The first-order valence-corrected chi connectivity index (χ1v) is 12.0. The van der Waals surface area contributed by atoms with Crippen molar-refractivity contribution in [3.8, 4) is 5.75 Å². The van der Waals surface area contributed by atoms with E-state index in [2.05, 4.69) is 4.99 Å². The van der Waals surface area contributed by atoms with Crippen LogP contribution >= 0.6 is 45.5 Å². The molecule has 2 heterocycles. The lowest BCUT2D eigenvalue weighted by molar-refractivity contribution is -0.139. The summed E-state index contributed by atoms with van der Waals surface area (Å²) in [7, 11) is 0. The summed E-state index contributed by atoms with van der Waals surface area (Å²) in [6.45, 7) is 3.66. The number of aromatic nitrogens is 1. The normalized spacial score (nSPS) is 16.0. The standard InChI is InChI=1S/C23H18ClIN2O4S/c1-3-31-22(30)19-12(2)26-23-27(20(19)14-6-4-5-7-15(14)24)21(29)18(32-23)11-13-8-9-17(28)16(25)10-13/h4-11,20,28H,3H2,1-2H3/b18-11-. The lowest BCUT2D eigenvalue weighted by Crippen LogP contribution is -2.40. The highest BCUT2D eigenvalue weighted by Crippen LogP contribution is 2.34. The number of thiazole rings is 1. The smallest absolute Gasteiger partial charge is 0.338 e. The Bertz CT molecular complexity index is 1440. The Morgan fingerprint density at radius 2 is 2.09 bits per heavy atom. The van der Waals surface area contributed by atoms with Crippen LogP contribution in [0.25, 0.3) is 6.08 Å². The van der Waals surface area contributed by atoms with Crippen molar-refractivity contribution < 1.29 is 14.6 Å². The molecule has 0 fully saturated rings. The van der Waals surface area contributed by atoms with Crippen molar-refractivity contribution in [1.29, 1.82) is 0 Å². The number of esters is 1. The first kappa shape index (κ1) is 22.8. The van der Waals surface area contributed by atoms with Crippen LogP contribution < -0.4 is 14.9 Å². The Balaban J connectivity index is 1.98. The van der Waals surface area contributed by atoms with Gasteiger partial charge < -0.3 is 9.84 Å². The van der Waals surface area contributed by atoms with E-state index in [9.17, 15) is 14.7 Å². The van der Waals surface area contributed by atoms with Crippen LogP contribution in [0.5, 0.6) is 5.75 Å². The molecule has 4 rings (SSSR count). The summed E-state index contributed by atoms with van der Waals surface area (Å²) in [5, 5.41) is 10.2. The maximum atomic E-state index is 13.5. The van der Waals surface area contributed by atoms with E-state index in [1.54, 1.807) is 56.3 Å². The minimum Gasteiger partial charge on any atom is -0.507 e. The third kappa shape index (κ3) is 4.14. The molecule has 1 aliphatic heterocycles. The Hall–Kier alpha value is -2.43. The van der Waals surface area contributed by atoms with Crippen LogP contribution in [0, 0.1) is 3.57 Å². The number of carbonyl (C=O) groups excluding carboxylic acids is 1. The van der Waals surface area contributed by atoms with Gasteiger partial charge in [-0.05, 0) is 71.8 Å². The van der Waals surface area contributed by atoms with Crippen LogP contribution in [0.3, 0.4) is 0 Å². The van der Waals surface area contributed by atoms with E-state index >= 15 is 0 Å². The molecule has 6 nitrogen and oxygen atoms in total. The van der Waals surface area contributed by atoms with Gasteiger partial charge in [0.25, 0.3) is 5.56 Å². The van der Waals surface area contributed by atoms with E-state index in [1.807, 2.05) is 28.7 Å². The third-order valence-electron chi connectivity index (χ3n) is 4.99. The van der Waals surface area contributed by atoms with Gasteiger partial charge in [0.1, 0.15) is 11.8 Å². The summed E-state index contributed by atoms with van der Waals surface area (Å²) in [5.74, 6) is -0.348. The van der Waals surface area contributed by atoms with Crippen LogP contribution in [0.2, 0.25) is 5.02 Å². The highest BCUT2D eigenvalue weighted by atomic mass is 127. The Morgan fingerprint density at radius 3 is 2.78 bits per heavy atom. The second-order valence-corrected chi connectivity index (χ2v) is 9.61. The van der Waals surface area contributed by atoms with E-state index in [0.717, 1.165) is 5.56 Å². The second-order valence-electron chi connectivity index (χ2n) is 7.03. The fourth-order valence-electron chi connectivity index (χ4n) is 3.55. The fourth-order valence-corrected chi connectivity index (χ4v) is 5.37. The van der Waals surface area contributed by atoms with Crippen molar-refractivity contribution in [2.45, 2.75) is 19.9 Å². The van der Waals surface area contributed by atoms with Gasteiger partial charge in [0.2, 0.25) is 0 Å². The summed E-state index contributed by atoms with van der Waals surface area (Å²) in [6.07, 6.45) is 1.75. The molecule has 2 aromatic carbocycles. The first-order chi connectivity index (χ1) is 15.3. The SMILES string of the molecule is CCOC(=O)C1=C(C)N=c2s/c(=C\c3ccc(O)c(I)c3)c(=O)n2C1c1ccccc1Cl. The average molecular weight is 581 g/mol. The predicted octanol–water partition coefficient (Wildman–Crippen LogP) is 3.76. The third-order valence-corrected chi connectivity index (χ3v) is 7.18. The van der Waals surface area contributed by atoms with Crippen molar-refractivity contribution in [3.63, 3.8) is 0 Å². The Morgan fingerprint density at radius 1 is 1.34 bits per heavy atom. The molecular formula is C23H18ClIN2O4S. The molecular weight excluding hydrogens is 563 g/mol. The molecule has 1 aromatic heterocycles. The monoisotopic (exact) mass is 580 g/mol. The summed E-state index contributed by atoms with van der Waals surface area (Å²) >= 11 is 9.76. The fraction of sp³-hybridized carbons (Fsp3) is 0.174. The summed E-state index contributed by atoms with van der Waals surface area (Å²) in [6, 6.07) is 11.5. The molecule has 3 aromatic rings. The van der Waals surface area contributed by atoms with Crippen LogP contribution in [0.15, 0.2) is 63.5 Å². The Kier molecular flexibility index (Phi) is 6.55. The quantitative estimate of drug-likeness (QED) is 0.377. The van der Waals surface area contributed by atoms with Crippen molar-refractivity contribution in [3.05, 3.63) is 93.1 Å². The minimum atomic E-state index is -0.749. The molecule has 32 heavy (non-hydrogen) atoms. The number of rotatable bonds is 4. The van der Waals surface area contributed by atoms with Gasteiger partial charge in [-0.25, -0.2) is 9.79 Å². The van der Waals surface area contributed by atoms with Crippen LogP contribution in [-0.2, 0) is 9.53 Å². The molecule has 9 heteroatoms. The van der Waals surface area contributed by atoms with Crippen LogP contribution in [-0.4, -0.2) is 22.2 Å². The lowest BCUT2D eigenvalue weighted by atomic mass is 9.96. The summed E-state index contributed by atoms with van der Waals surface area (Å²) in [4.78, 5) is 31.4. The van der Waals surface area contributed by atoms with Gasteiger partial charge in [-0.2, -0.15) is 0 Å². The zero-order valence-corrected chi connectivity index (χ0v) is 20.9. The predicted molar refractivity (Wildman–Crippen MR) is 133 cm³/mol. The van der Waals surface area contributed by atoms with Crippen molar-refractivity contribution in [2.24, 2.45) is 4.99 Å². The zero-order valence-electron chi connectivity index (χ0n) is 17.1. The molecule has 1 atom stereocenters. The molecule has 164 valence electrons. The number of carbonyl (C=O) groups is 1. The molecule has 0 amide bonds. The van der Waals surface area contributed by atoms with E-state index in [1.165, 1.54) is 15.9 Å². The molecule has 0 bridgehead atoms. The van der Waals surface area contributed by atoms with Gasteiger partial charge in [0, 0.05) is 5.02 Å². The number of benzene rings is 2. The Labute approximate surface area is 206 Å². The van der Waals surface area contributed by atoms with E-state index < -0.39 is 12.0 Å². The van der Waals surface area contributed by atoms with Gasteiger partial charge in [-0.1, -0.05) is 47.2 Å². The maximum absolute atomic E-state index is 13.5. The largest absolute Gasteiger partial charge is 0.507 e. The number of phenols is 1. The highest BCUT2D eigenvalue weighted by molar-refractivity contribution is 14.1. The van der Waals surface area contributed by atoms with Crippen LogP contribution in [0.1, 0.15) is 31.0 Å². The van der Waals surface area contributed by atoms with Gasteiger partial charge in [0.15, 0.2) is 4.80 Å². The molecule has 0 radical (unpaired) electrons. The van der Waals surface area contributed by atoms with Crippen molar-refractivity contribution in [2.75, 3.05) is 6.61 Å². The number of hydrogen-bond acceptors (Lipinski definition) is 6. The van der Waals surface area contributed by atoms with E-state index in [-0.39, 0.29) is 23.5 Å². The molecule has 1 aliphatic rings. The zero-order chi connectivity index (χ0) is 23.0. The minimum absolute atomic E-state index is 0.178. The molecule has 0 saturated carbocycles. The van der Waals surface area contributed by atoms with Gasteiger partial charge in [0.05, 0.1) is 26.0 Å². The number of allylic oxidation sites excluding steroid dienone is 1.